The third kappa shape index (κ3) is 2.40. The Labute approximate surface area is 106 Å². The van der Waals surface area contributed by atoms with Crippen LogP contribution in [0.15, 0.2) is 34.4 Å². The van der Waals surface area contributed by atoms with E-state index in [1.165, 1.54) is 0 Å². The van der Waals surface area contributed by atoms with E-state index in [4.69, 9.17) is 5.26 Å². The van der Waals surface area contributed by atoms with Gasteiger partial charge in [-0.3, -0.25) is 4.98 Å². The van der Waals surface area contributed by atoms with Gasteiger partial charge in [0.1, 0.15) is 6.07 Å². The summed E-state index contributed by atoms with van der Waals surface area (Å²) in [5.74, 6) is 0. The summed E-state index contributed by atoms with van der Waals surface area (Å²) in [5, 5.41) is 12.3. The van der Waals surface area contributed by atoms with Gasteiger partial charge in [-0.1, -0.05) is 6.07 Å². The third-order valence-electron chi connectivity index (χ3n) is 2.06. The summed E-state index contributed by atoms with van der Waals surface area (Å²) in [7, 11) is 0. The van der Waals surface area contributed by atoms with Crippen molar-refractivity contribution in [2.75, 3.05) is 5.32 Å². The first-order valence-electron chi connectivity index (χ1n) is 4.61. The third-order valence-corrected chi connectivity index (χ3v) is 3.50. The molecular formula is C11H8BrN3S. The number of halogens is 1. The molecule has 0 radical (unpaired) electrons. The number of anilines is 1. The second kappa shape index (κ2) is 5.10. The average molecular weight is 294 g/mol. The summed E-state index contributed by atoms with van der Waals surface area (Å²) < 4.78 is 0.810. The van der Waals surface area contributed by atoms with Crippen LogP contribution in [0.5, 0.6) is 0 Å². The molecule has 0 atom stereocenters. The van der Waals surface area contributed by atoms with Crippen molar-refractivity contribution in [3.63, 3.8) is 0 Å². The van der Waals surface area contributed by atoms with Gasteiger partial charge in [0.2, 0.25) is 0 Å². The molecule has 0 amide bonds. The molecule has 0 unspecified atom stereocenters. The SMILES string of the molecule is N#Cc1c(Br)cccc1NCc1cncs1. The lowest BCUT2D eigenvalue weighted by atomic mass is 10.2. The van der Waals surface area contributed by atoms with Crippen LogP contribution in [-0.2, 0) is 6.54 Å². The van der Waals surface area contributed by atoms with E-state index in [0.29, 0.717) is 12.1 Å². The highest BCUT2D eigenvalue weighted by molar-refractivity contribution is 9.10. The normalized spacial score (nSPS) is 9.75. The molecule has 0 fully saturated rings. The number of aromatic nitrogens is 1. The van der Waals surface area contributed by atoms with Crippen molar-refractivity contribution < 1.29 is 0 Å². The van der Waals surface area contributed by atoms with Gasteiger partial charge in [0.05, 0.1) is 23.3 Å². The van der Waals surface area contributed by atoms with Crippen LogP contribution in [-0.4, -0.2) is 4.98 Å². The molecule has 1 N–H and O–H groups in total. The van der Waals surface area contributed by atoms with Crippen LogP contribution < -0.4 is 5.32 Å². The van der Waals surface area contributed by atoms with Crippen LogP contribution in [0.25, 0.3) is 0 Å². The van der Waals surface area contributed by atoms with Gasteiger partial charge in [-0.25, -0.2) is 0 Å². The molecule has 2 rings (SSSR count). The molecule has 3 nitrogen and oxygen atoms in total. The van der Waals surface area contributed by atoms with Crippen LogP contribution in [0.2, 0.25) is 0 Å². The highest BCUT2D eigenvalue weighted by atomic mass is 79.9. The van der Waals surface area contributed by atoms with Gasteiger partial charge in [-0.15, -0.1) is 11.3 Å². The van der Waals surface area contributed by atoms with Crippen LogP contribution in [0.4, 0.5) is 5.69 Å². The first-order valence-corrected chi connectivity index (χ1v) is 6.28. The number of thiazole rings is 1. The molecule has 0 saturated heterocycles. The lowest BCUT2D eigenvalue weighted by molar-refractivity contribution is 1.17. The van der Waals surface area contributed by atoms with Gasteiger partial charge in [0.25, 0.3) is 0 Å². The Morgan fingerprint density at radius 2 is 2.38 bits per heavy atom. The molecule has 0 spiro atoms. The standard InChI is InChI=1S/C11H8BrN3S/c12-10-2-1-3-11(9(10)4-13)15-6-8-5-14-7-16-8/h1-3,5,7,15H,6H2. The highest BCUT2D eigenvalue weighted by Gasteiger charge is 2.05. The molecule has 0 bridgehead atoms. The van der Waals surface area contributed by atoms with Crippen LogP contribution in [0, 0.1) is 11.3 Å². The number of nitriles is 1. The summed E-state index contributed by atoms with van der Waals surface area (Å²) >= 11 is 4.95. The van der Waals surface area contributed by atoms with Crippen molar-refractivity contribution in [3.05, 3.63) is 44.8 Å². The van der Waals surface area contributed by atoms with Gasteiger partial charge in [-0.05, 0) is 28.1 Å². The lowest BCUT2D eigenvalue weighted by Gasteiger charge is -2.07. The van der Waals surface area contributed by atoms with E-state index in [-0.39, 0.29) is 0 Å². The smallest absolute Gasteiger partial charge is 0.103 e. The predicted molar refractivity (Wildman–Crippen MR) is 68.3 cm³/mol. The predicted octanol–water partition coefficient (Wildman–Crippen LogP) is 3.39. The minimum absolute atomic E-state index is 0.631. The summed E-state index contributed by atoms with van der Waals surface area (Å²) in [4.78, 5) is 5.14. The van der Waals surface area contributed by atoms with Crippen LogP contribution >= 0.6 is 27.3 Å². The number of nitrogens with zero attached hydrogens (tertiary/aromatic N) is 2. The van der Waals surface area contributed by atoms with Gasteiger partial charge in [0.15, 0.2) is 0 Å². The molecule has 80 valence electrons. The maximum Gasteiger partial charge on any atom is 0.103 e. The molecule has 16 heavy (non-hydrogen) atoms. The largest absolute Gasteiger partial charge is 0.379 e. The van der Waals surface area contributed by atoms with Crippen molar-refractivity contribution >= 4 is 33.0 Å². The molecule has 0 aliphatic heterocycles. The molecule has 0 aliphatic rings. The molecule has 1 aromatic heterocycles. The molecule has 0 aliphatic carbocycles. The van der Waals surface area contributed by atoms with Crippen LogP contribution in [0.1, 0.15) is 10.4 Å². The molecule has 2 aromatic rings. The minimum Gasteiger partial charge on any atom is -0.379 e. The van der Waals surface area contributed by atoms with E-state index >= 15 is 0 Å². The van der Waals surface area contributed by atoms with Crippen LogP contribution in [0.3, 0.4) is 0 Å². The molecule has 0 saturated carbocycles. The van der Waals surface area contributed by atoms with Gasteiger partial charge in [-0.2, -0.15) is 5.26 Å². The average Bonchev–Trinajstić information content (AvgIpc) is 2.79. The second-order valence-electron chi connectivity index (χ2n) is 3.10. The van der Waals surface area contributed by atoms with Gasteiger partial charge >= 0.3 is 0 Å². The Kier molecular flexibility index (Phi) is 3.54. The summed E-state index contributed by atoms with van der Waals surface area (Å²) in [5.41, 5.74) is 3.26. The Hall–Kier alpha value is -1.38. The maximum absolute atomic E-state index is 9.03. The highest BCUT2D eigenvalue weighted by Crippen LogP contribution is 2.24. The van der Waals surface area contributed by atoms with Crippen molar-refractivity contribution in [2.45, 2.75) is 6.54 Å². The number of rotatable bonds is 3. The number of nitrogens with one attached hydrogen (secondary N) is 1. The zero-order valence-electron chi connectivity index (χ0n) is 8.27. The fourth-order valence-corrected chi connectivity index (χ4v) is 2.29. The van der Waals surface area contributed by atoms with Gasteiger partial charge < -0.3 is 5.32 Å². The zero-order valence-corrected chi connectivity index (χ0v) is 10.7. The van der Waals surface area contributed by atoms with E-state index in [0.717, 1.165) is 15.0 Å². The Balaban J connectivity index is 2.16. The van der Waals surface area contributed by atoms with Crippen molar-refractivity contribution in [3.8, 4) is 6.07 Å². The van der Waals surface area contributed by atoms with E-state index in [1.807, 2.05) is 24.4 Å². The molecule has 1 aromatic carbocycles. The van der Waals surface area contributed by atoms with E-state index in [9.17, 15) is 0 Å². The van der Waals surface area contributed by atoms with Crippen molar-refractivity contribution in [2.24, 2.45) is 0 Å². The Morgan fingerprint density at radius 3 is 3.06 bits per heavy atom. The summed E-state index contributed by atoms with van der Waals surface area (Å²) in [6.07, 6.45) is 1.82. The summed E-state index contributed by atoms with van der Waals surface area (Å²) in [6, 6.07) is 7.83. The van der Waals surface area contributed by atoms with E-state index in [2.05, 4.69) is 32.3 Å². The number of benzene rings is 1. The Morgan fingerprint density at radius 1 is 1.50 bits per heavy atom. The monoisotopic (exact) mass is 293 g/mol. The quantitative estimate of drug-likeness (QED) is 0.944. The first kappa shape index (κ1) is 11.1. The Bertz CT molecular complexity index is 517. The number of hydrogen-bond acceptors (Lipinski definition) is 4. The topological polar surface area (TPSA) is 48.7 Å². The first-order chi connectivity index (χ1) is 7.81. The molecular weight excluding hydrogens is 286 g/mol. The van der Waals surface area contributed by atoms with Crippen molar-refractivity contribution in [1.82, 2.24) is 4.98 Å². The molecule has 1 heterocycles. The van der Waals surface area contributed by atoms with Gasteiger partial charge in [0, 0.05) is 15.5 Å². The van der Waals surface area contributed by atoms with E-state index in [1.54, 1.807) is 16.8 Å². The summed E-state index contributed by atoms with van der Waals surface area (Å²) in [6.45, 7) is 0.690. The maximum atomic E-state index is 9.03. The zero-order chi connectivity index (χ0) is 11.4. The molecule has 5 heteroatoms. The minimum atomic E-state index is 0.631. The second-order valence-corrected chi connectivity index (χ2v) is 4.92. The lowest BCUT2D eigenvalue weighted by Crippen LogP contribution is -1.99. The van der Waals surface area contributed by atoms with Crippen molar-refractivity contribution in [1.29, 1.82) is 5.26 Å². The fourth-order valence-electron chi connectivity index (χ4n) is 1.30. The fraction of sp³-hybridized carbons (Fsp3) is 0.0909. The number of hydrogen-bond donors (Lipinski definition) is 1. The van der Waals surface area contributed by atoms with E-state index < -0.39 is 0 Å².